The Labute approximate surface area is 178 Å². The fourth-order valence-corrected chi connectivity index (χ4v) is 3.85. The van der Waals surface area contributed by atoms with Gasteiger partial charge in [-0.1, -0.05) is 36.4 Å². The average Bonchev–Trinajstić information content (AvgIpc) is 2.67. The molecular formula is C24H25IN2. The number of rotatable bonds is 3. The molecule has 27 heavy (non-hydrogen) atoms. The van der Waals surface area contributed by atoms with Gasteiger partial charge in [-0.3, -0.25) is 0 Å². The third-order valence-electron chi connectivity index (χ3n) is 5.22. The fraction of sp³-hybridized carbons (Fsp3) is 0.208. The number of fused-ring (bicyclic) bond motifs is 3. The van der Waals surface area contributed by atoms with E-state index < -0.39 is 0 Å². The SMILES string of the molecule is CCN1/C(=C/c2cc[n+](CC)c(C)c2)C=Cc2c1ccc1ccccc21.[I-]. The maximum absolute atomic E-state index is 2.40. The molecule has 3 aromatic rings. The van der Waals surface area contributed by atoms with Crippen LogP contribution in [0.2, 0.25) is 0 Å². The number of allylic oxidation sites excluding steroid dienone is 1. The first-order chi connectivity index (χ1) is 12.7. The predicted octanol–water partition coefficient (Wildman–Crippen LogP) is 2.35. The van der Waals surface area contributed by atoms with Crippen molar-refractivity contribution in [3.05, 3.63) is 83.3 Å². The normalized spacial score (nSPS) is 14.3. The van der Waals surface area contributed by atoms with Gasteiger partial charge >= 0.3 is 0 Å². The molecule has 2 nitrogen and oxygen atoms in total. The maximum atomic E-state index is 2.40. The van der Waals surface area contributed by atoms with Crippen molar-refractivity contribution in [1.82, 2.24) is 0 Å². The van der Waals surface area contributed by atoms with Gasteiger partial charge in [0.1, 0.15) is 6.54 Å². The highest BCUT2D eigenvalue weighted by molar-refractivity contribution is 5.98. The molecule has 2 heterocycles. The monoisotopic (exact) mass is 468 g/mol. The molecule has 0 amide bonds. The number of hydrogen-bond acceptors (Lipinski definition) is 1. The van der Waals surface area contributed by atoms with Crippen molar-refractivity contribution in [3.63, 3.8) is 0 Å². The summed E-state index contributed by atoms with van der Waals surface area (Å²) in [4.78, 5) is 2.40. The fourth-order valence-electron chi connectivity index (χ4n) is 3.85. The second-order valence-electron chi connectivity index (χ2n) is 6.75. The van der Waals surface area contributed by atoms with Crippen LogP contribution in [0.5, 0.6) is 0 Å². The van der Waals surface area contributed by atoms with Gasteiger partial charge in [-0.25, -0.2) is 4.57 Å². The third-order valence-corrected chi connectivity index (χ3v) is 5.22. The highest BCUT2D eigenvalue weighted by Gasteiger charge is 2.18. The first-order valence-corrected chi connectivity index (χ1v) is 9.40. The second kappa shape index (κ2) is 8.26. The molecule has 1 aliphatic heterocycles. The lowest BCUT2D eigenvalue weighted by molar-refractivity contribution is -0.699. The first kappa shape index (κ1) is 19.6. The zero-order chi connectivity index (χ0) is 18.1. The molecule has 4 rings (SSSR count). The Morgan fingerprint density at radius 1 is 1.00 bits per heavy atom. The molecule has 0 saturated carbocycles. The Morgan fingerprint density at radius 3 is 2.56 bits per heavy atom. The van der Waals surface area contributed by atoms with Gasteiger partial charge in [0.25, 0.3) is 0 Å². The number of hydrogen-bond donors (Lipinski definition) is 0. The number of likely N-dealkylation sites (N-methyl/N-ethyl adjacent to an activating group) is 1. The predicted molar refractivity (Wildman–Crippen MR) is 111 cm³/mol. The number of pyridine rings is 1. The number of anilines is 1. The molecule has 0 unspecified atom stereocenters. The van der Waals surface area contributed by atoms with E-state index >= 15 is 0 Å². The summed E-state index contributed by atoms with van der Waals surface area (Å²) in [5, 5.41) is 2.61. The lowest BCUT2D eigenvalue weighted by Crippen LogP contribution is -3.00. The molecule has 0 fully saturated rings. The summed E-state index contributed by atoms with van der Waals surface area (Å²) in [5.74, 6) is 0. The number of benzene rings is 2. The molecule has 0 spiro atoms. The van der Waals surface area contributed by atoms with E-state index in [9.17, 15) is 0 Å². The van der Waals surface area contributed by atoms with Crippen LogP contribution in [0.1, 0.15) is 30.7 Å². The van der Waals surface area contributed by atoms with Crippen LogP contribution < -0.4 is 33.4 Å². The van der Waals surface area contributed by atoms with Crippen molar-refractivity contribution >= 4 is 28.6 Å². The summed E-state index contributed by atoms with van der Waals surface area (Å²) in [6, 6.07) is 17.5. The molecule has 0 N–H and O–H groups in total. The van der Waals surface area contributed by atoms with Crippen LogP contribution in [0.3, 0.4) is 0 Å². The van der Waals surface area contributed by atoms with Crippen molar-refractivity contribution in [1.29, 1.82) is 0 Å². The Morgan fingerprint density at radius 2 is 1.81 bits per heavy atom. The average molecular weight is 468 g/mol. The summed E-state index contributed by atoms with van der Waals surface area (Å²) >= 11 is 0. The van der Waals surface area contributed by atoms with Crippen LogP contribution >= 0.6 is 0 Å². The van der Waals surface area contributed by atoms with E-state index in [1.165, 1.54) is 39.0 Å². The molecule has 0 aliphatic carbocycles. The summed E-state index contributed by atoms with van der Waals surface area (Å²) in [6.07, 6.45) is 8.96. The van der Waals surface area contributed by atoms with E-state index in [1.54, 1.807) is 0 Å². The molecular weight excluding hydrogens is 443 g/mol. The van der Waals surface area contributed by atoms with E-state index in [2.05, 4.69) is 103 Å². The molecule has 0 saturated heterocycles. The van der Waals surface area contributed by atoms with Crippen LogP contribution in [-0.4, -0.2) is 6.54 Å². The van der Waals surface area contributed by atoms with Crippen molar-refractivity contribution in [2.75, 3.05) is 11.4 Å². The lowest BCUT2D eigenvalue weighted by Gasteiger charge is -2.30. The Balaban J connectivity index is 0.00000210. The van der Waals surface area contributed by atoms with Gasteiger partial charge in [-0.15, -0.1) is 0 Å². The van der Waals surface area contributed by atoms with Gasteiger partial charge in [0, 0.05) is 42.5 Å². The lowest BCUT2D eigenvalue weighted by atomic mass is 9.97. The Kier molecular flexibility index (Phi) is 6.00. The Bertz CT molecular complexity index is 1030. The highest BCUT2D eigenvalue weighted by atomic mass is 127. The highest BCUT2D eigenvalue weighted by Crippen LogP contribution is 2.36. The van der Waals surface area contributed by atoms with Crippen molar-refractivity contribution in [2.24, 2.45) is 0 Å². The number of nitrogens with zero attached hydrogens (tertiary/aromatic N) is 2. The van der Waals surface area contributed by atoms with Crippen LogP contribution in [0, 0.1) is 6.92 Å². The van der Waals surface area contributed by atoms with Crippen LogP contribution in [0.15, 0.2) is 66.5 Å². The summed E-state index contributed by atoms with van der Waals surface area (Å²) in [5.41, 5.74) is 6.38. The number of aromatic nitrogens is 1. The quantitative estimate of drug-likeness (QED) is 0.423. The minimum absolute atomic E-state index is 0. The zero-order valence-electron chi connectivity index (χ0n) is 16.1. The van der Waals surface area contributed by atoms with E-state index in [1.807, 2.05) is 0 Å². The van der Waals surface area contributed by atoms with E-state index in [-0.39, 0.29) is 24.0 Å². The molecule has 3 heteroatoms. The largest absolute Gasteiger partial charge is 1.00 e. The van der Waals surface area contributed by atoms with Gasteiger partial charge in [0.2, 0.25) is 0 Å². The number of halogens is 1. The summed E-state index contributed by atoms with van der Waals surface area (Å²) in [6.45, 7) is 8.51. The molecule has 0 bridgehead atoms. The summed E-state index contributed by atoms with van der Waals surface area (Å²) in [7, 11) is 0. The van der Waals surface area contributed by atoms with Crippen molar-refractivity contribution in [2.45, 2.75) is 27.3 Å². The summed E-state index contributed by atoms with van der Waals surface area (Å²) < 4.78 is 2.26. The van der Waals surface area contributed by atoms with Crippen molar-refractivity contribution in [3.8, 4) is 0 Å². The minimum atomic E-state index is 0. The minimum Gasteiger partial charge on any atom is -1.00 e. The molecule has 1 aromatic heterocycles. The number of aryl methyl sites for hydroxylation is 2. The zero-order valence-corrected chi connectivity index (χ0v) is 18.3. The molecule has 138 valence electrons. The van der Waals surface area contributed by atoms with Crippen molar-refractivity contribution < 1.29 is 28.5 Å². The Hall–Kier alpha value is -2.14. The van der Waals surface area contributed by atoms with Crippen LogP contribution in [-0.2, 0) is 6.54 Å². The topological polar surface area (TPSA) is 7.12 Å². The van der Waals surface area contributed by atoms with Crippen LogP contribution in [0.4, 0.5) is 5.69 Å². The van der Waals surface area contributed by atoms with Gasteiger partial charge in [-0.2, -0.15) is 0 Å². The molecule has 0 atom stereocenters. The smallest absolute Gasteiger partial charge is 0.178 e. The van der Waals surface area contributed by atoms with E-state index in [4.69, 9.17) is 0 Å². The molecule has 1 aliphatic rings. The maximum Gasteiger partial charge on any atom is 0.178 e. The molecule has 2 aromatic carbocycles. The van der Waals surface area contributed by atoms with Crippen LogP contribution in [0.25, 0.3) is 22.9 Å². The third kappa shape index (κ3) is 3.65. The van der Waals surface area contributed by atoms with E-state index in [0.717, 1.165) is 13.1 Å². The second-order valence-corrected chi connectivity index (χ2v) is 6.75. The van der Waals surface area contributed by atoms with E-state index in [0.29, 0.717) is 0 Å². The first-order valence-electron chi connectivity index (χ1n) is 9.40. The van der Waals surface area contributed by atoms with Gasteiger partial charge in [0.15, 0.2) is 11.9 Å². The molecule has 0 radical (unpaired) electrons. The van der Waals surface area contributed by atoms with Gasteiger partial charge < -0.3 is 28.9 Å². The van der Waals surface area contributed by atoms with Gasteiger partial charge in [0.05, 0.1) is 0 Å². The standard InChI is InChI=1S/C24H25N2.HI/c1-4-25-15-14-19(16-18(25)3)17-21-11-12-23-22-9-7-6-8-20(22)10-13-24(23)26(21)5-2;/h6-17H,4-5H2,1-3H3;1H/q+1;/p-1. The van der Waals surface area contributed by atoms with Gasteiger partial charge in [-0.05, 0) is 48.4 Å².